The van der Waals surface area contributed by atoms with Crippen LogP contribution in [0.3, 0.4) is 0 Å². The van der Waals surface area contributed by atoms with E-state index in [0.29, 0.717) is 17.1 Å². The molecule has 0 aliphatic carbocycles. The Hall–Kier alpha value is -2.90. The van der Waals surface area contributed by atoms with Crippen molar-refractivity contribution in [1.29, 1.82) is 0 Å². The van der Waals surface area contributed by atoms with Crippen LogP contribution < -0.4 is 4.90 Å². The van der Waals surface area contributed by atoms with Gasteiger partial charge >= 0.3 is 0 Å². The second-order valence-electron chi connectivity index (χ2n) is 8.99. The van der Waals surface area contributed by atoms with Gasteiger partial charge in [-0.25, -0.2) is 4.98 Å². The van der Waals surface area contributed by atoms with Gasteiger partial charge in [0.2, 0.25) is 0 Å². The zero-order valence-electron chi connectivity index (χ0n) is 18.9. The first-order chi connectivity index (χ1) is 16.1. The Morgan fingerprint density at radius 3 is 2.67 bits per heavy atom. The number of piperidine rings is 1. The van der Waals surface area contributed by atoms with E-state index in [1.54, 1.807) is 6.20 Å². The maximum absolute atomic E-state index is 13.4. The smallest absolute Gasteiger partial charge is 0.254 e. The molecule has 2 aromatic heterocycles. The zero-order valence-corrected chi connectivity index (χ0v) is 19.6. The summed E-state index contributed by atoms with van der Waals surface area (Å²) in [5, 5.41) is 8.23. The van der Waals surface area contributed by atoms with Gasteiger partial charge < -0.3 is 14.7 Å². The predicted octanol–water partition coefficient (Wildman–Crippen LogP) is 3.90. The lowest BCUT2D eigenvalue weighted by molar-refractivity contribution is 0.0706. The number of aromatic amines is 1. The predicted molar refractivity (Wildman–Crippen MR) is 131 cm³/mol. The Balaban J connectivity index is 1.32. The number of nitrogens with zero attached hydrogens (tertiary/aromatic N) is 5. The van der Waals surface area contributed by atoms with Gasteiger partial charge in [-0.1, -0.05) is 23.7 Å². The lowest BCUT2D eigenvalue weighted by Crippen LogP contribution is -2.45. The fourth-order valence-electron chi connectivity index (χ4n) is 4.81. The number of pyridine rings is 1. The number of carbonyl (C=O) groups is 1. The van der Waals surface area contributed by atoms with Gasteiger partial charge in [-0.05, 0) is 49.7 Å². The van der Waals surface area contributed by atoms with Crippen LogP contribution in [-0.4, -0.2) is 77.2 Å². The van der Waals surface area contributed by atoms with Gasteiger partial charge in [0.15, 0.2) is 0 Å². The third-order valence-corrected chi connectivity index (χ3v) is 7.01. The summed E-state index contributed by atoms with van der Waals surface area (Å²) in [4.78, 5) is 24.5. The van der Waals surface area contributed by atoms with Crippen molar-refractivity contribution in [3.05, 3.63) is 65.1 Å². The molecule has 8 heteroatoms. The number of carbonyl (C=O) groups excluding carboxylic acids is 1. The van der Waals surface area contributed by atoms with Crippen molar-refractivity contribution in [2.24, 2.45) is 0 Å². The number of benzene rings is 1. The first-order valence-corrected chi connectivity index (χ1v) is 11.9. The average Bonchev–Trinajstić information content (AvgIpc) is 3.35. The van der Waals surface area contributed by atoms with E-state index >= 15 is 0 Å². The summed E-state index contributed by atoms with van der Waals surface area (Å²) < 4.78 is 0. The van der Waals surface area contributed by atoms with Crippen LogP contribution in [0.4, 0.5) is 5.82 Å². The van der Waals surface area contributed by atoms with Gasteiger partial charge in [0.1, 0.15) is 5.82 Å². The third-order valence-electron chi connectivity index (χ3n) is 6.76. The van der Waals surface area contributed by atoms with Crippen LogP contribution in [0.15, 0.2) is 48.8 Å². The summed E-state index contributed by atoms with van der Waals surface area (Å²) in [5.41, 5.74) is 3.95. The van der Waals surface area contributed by atoms with E-state index in [4.69, 9.17) is 11.6 Å². The van der Waals surface area contributed by atoms with Crippen LogP contribution in [0.2, 0.25) is 5.02 Å². The molecule has 0 bridgehead atoms. The van der Waals surface area contributed by atoms with Crippen LogP contribution in [-0.2, 0) is 0 Å². The number of likely N-dealkylation sites (tertiary alicyclic amines) is 1. The molecule has 1 unspecified atom stereocenters. The summed E-state index contributed by atoms with van der Waals surface area (Å²) >= 11 is 6.06. The monoisotopic (exact) mass is 464 g/mol. The molecule has 2 aliphatic rings. The number of piperazine rings is 1. The van der Waals surface area contributed by atoms with Crippen molar-refractivity contribution < 1.29 is 4.79 Å². The van der Waals surface area contributed by atoms with Crippen molar-refractivity contribution in [2.45, 2.75) is 18.8 Å². The molecule has 1 N–H and O–H groups in total. The van der Waals surface area contributed by atoms with E-state index in [1.165, 1.54) is 0 Å². The molecule has 1 amide bonds. The molecule has 1 aromatic carbocycles. The summed E-state index contributed by atoms with van der Waals surface area (Å²) in [6, 6.07) is 11.6. The number of halogens is 1. The maximum atomic E-state index is 13.4. The normalized spacial score (nSPS) is 19.6. The van der Waals surface area contributed by atoms with E-state index in [-0.39, 0.29) is 11.8 Å². The van der Waals surface area contributed by atoms with E-state index in [2.05, 4.69) is 32.0 Å². The minimum absolute atomic E-state index is 0.0741. The largest absolute Gasteiger partial charge is 0.354 e. The summed E-state index contributed by atoms with van der Waals surface area (Å²) in [5.74, 6) is 1.18. The number of rotatable bonds is 4. The molecule has 3 aromatic rings. The van der Waals surface area contributed by atoms with Crippen molar-refractivity contribution in [3.63, 3.8) is 0 Å². The second kappa shape index (κ2) is 9.53. The number of H-pyrrole nitrogens is 1. The lowest BCUT2D eigenvalue weighted by Gasteiger charge is -2.34. The highest BCUT2D eigenvalue weighted by Gasteiger charge is 2.29. The highest BCUT2D eigenvalue weighted by Crippen LogP contribution is 2.34. The molecule has 7 nitrogen and oxygen atoms in total. The van der Waals surface area contributed by atoms with Gasteiger partial charge in [0.05, 0.1) is 6.20 Å². The maximum Gasteiger partial charge on any atom is 0.254 e. The molecule has 33 heavy (non-hydrogen) atoms. The summed E-state index contributed by atoms with van der Waals surface area (Å²) in [7, 11) is 2.13. The van der Waals surface area contributed by atoms with Crippen molar-refractivity contribution in [1.82, 2.24) is 25.0 Å². The molecule has 2 aliphatic heterocycles. The molecule has 0 spiro atoms. The van der Waals surface area contributed by atoms with Crippen LogP contribution in [0.25, 0.3) is 11.1 Å². The summed E-state index contributed by atoms with van der Waals surface area (Å²) in [6.07, 6.45) is 5.61. The Morgan fingerprint density at radius 2 is 1.88 bits per heavy atom. The number of hydrogen-bond donors (Lipinski definition) is 1. The van der Waals surface area contributed by atoms with E-state index in [9.17, 15) is 4.79 Å². The molecule has 0 radical (unpaired) electrons. The molecular weight excluding hydrogens is 436 g/mol. The quantitative estimate of drug-likeness (QED) is 0.634. The SMILES string of the molecule is CN1CCN(c2cc(C(=O)N3CCCC(c4[nH]ncc4-c4ccc(Cl)cc4)C3)ccn2)CC1. The molecule has 2 saturated heterocycles. The third kappa shape index (κ3) is 4.75. The van der Waals surface area contributed by atoms with E-state index in [0.717, 1.165) is 68.2 Å². The molecule has 1 atom stereocenters. The highest BCUT2D eigenvalue weighted by molar-refractivity contribution is 6.30. The van der Waals surface area contributed by atoms with Crippen LogP contribution in [0, 0.1) is 0 Å². The minimum Gasteiger partial charge on any atom is -0.354 e. The van der Waals surface area contributed by atoms with Gasteiger partial charge in [0.25, 0.3) is 5.91 Å². The van der Waals surface area contributed by atoms with Crippen molar-refractivity contribution in [3.8, 4) is 11.1 Å². The number of aromatic nitrogens is 3. The molecule has 2 fully saturated rings. The van der Waals surface area contributed by atoms with E-state index in [1.807, 2.05) is 47.5 Å². The number of likely N-dealkylation sites (N-methyl/N-ethyl adjacent to an activating group) is 1. The van der Waals surface area contributed by atoms with Gasteiger partial charge in [0, 0.05) is 73.2 Å². The topological polar surface area (TPSA) is 68.4 Å². The number of amides is 1. The Bertz CT molecular complexity index is 1110. The Morgan fingerprint density at radius 1 is 1.09 bits per heavy atom. The summed E-state index contributed by atoms with van der Waals surface area (Å²) in [6.45, 7) is 5.32. The molecule has 0 saturated carbocycles. The number of nitrogens with one attached hydrogen (secondary N) is 1. The fraction of sp³-hybridized carbons (Fsp3) is 0.400. The average molecular weight is 465 g/mol. The first kappa shape index (κ1) is 21.9. The lowest BCUT2D eigenvalue weighted by atomic mass is 9.90. The fourth-order valence-corrected chi connectivity index (χ4v) is 4.93. The van der Waals surface area contributed by atoms with Crippen molar-refractivity contribution in [2.75, 3.05) is 51.2 Å². The number of hydrogen-bond acceptors (Lipinski definition) is 5. The molecular formula is C25H29ClN6O. The molecule has 5 rings (SSSR count). The zero-order chi connectivity index (χ0) is 22.8. The van der Waals surface area contributed by atoms with Gasteiger partial charge in [-0.2, -0.15) is 5.10 Å². The van der Waals surface area contributed by atoms with Crippen LogP contribution in [0.1, 0.15) is 34.8 Å². The van der Waals surface area contributed by atoms with Gasteiger partial charge in [-0.3, -0.25) is 9.89 Å². The minimum atomic E-state index is 0.0741. The molecule has 172 valence electrons. The standard InChI is InChI=1S/C25H29ClN6O/c1-30-11-13-31(14-12-30)23-15-19(8-9-27-23)25(33)32-10-2-3-20(17-32)24-22(16-28-29-24)18-4-6-21(26)7-5-18/h4-9,15-16,20H,2-3,10-14,17H2,1H3,(H,28,29). The van der Waals surface area contributed by atoms with E-state index < -0.39 is 0 Å². The first-order valence-electron chi connectivity index (χ1n) is 11.6. The molecule has 4 heterocycles. The Labute approximate surface area is 199 Å². The van der Waals surface area contributed by atoms with Crippen LogP contribution in [0.5, 0.6) is 0 Å². The Kier molecular flexibility index (Phi) is 6.33. The highest BCUT2D eigenvalue weighted by atomic mass is 35.5. The second-order valence-corrected chi connectivity index (χ2v) is 9.42. The van der Waals surface area contributed by atoms with Crippen molar-refractivity contribution >= 4 is 23.3 Å². The number of anilines is 1. The van der Waals surface area contributed by atoms with Crippen LogP contribution >= 0.6 is 11.6 Å². The van der Waals surface area contributed by atoms with Gasteiger partial charge in [-0.15, -0.1) is 0 Å².